The molecule has 0 heterocycles. The summed E-state index contributed by atoms with van der Waals surface area (Å²) in [5.41, 5.74) is 3.55. The van der Waals surface area contributed by atoms with Crippen molar-refractivity contribution >= 4 is 17.6 Å². The molecular formula is C23H30N4O2. The molecule has 0 radical (unpaired) electrons. The van der Waals surface area contributed by atoms with Crippen LogP contribution in [0.1, 0.15) is 47.2 Å². The van der Waals surface area contributed by atoms with Crippen LogP contribution in [0.3, 0.4) is 0 Å². The van der Waals surface area contributed by atoms with Crippen LogP contribution >= 0.6 is 0 Å². The standard InChI is InChI=1S/C23H30N4O2/c1-27(2)16-19-8-4-3-7-18(19)15-24-23(29)26-21-13-11-17(12-14-21)22(28)25-20-9-5-6-10-20/h3-4,7-8,11-14,20H,5-6,9-10,15-16H2,1-2H3,(H,25,28)(H2,24,26,29). The van der Waals surface area contributed by atoms with Gasteiger partial charge in [0, 0.05) is 30.4 Å². The highest BCUT2D eigenvalue weighted by Crippen LogP contribution is 2.18. The van der Waals surface area contributed by atoms with Crippen LogP contribution in [-0.2, 0) is 13.1 Å². The maximum absolute atomic E-state index is 12.3. The number of amides is 3. The van der Waals surface area contributed by atoms with Gasteiger partial charge < -0.3 is 20.9 Å². The number of anilines is 1. The minimum Gasteiger partial charge on any atom is -0.349 e. The van der Waals surface area contributed by atoms with E-state index in [4.69, 9.17) is 0 Å². The van der Waals surface area contributed by atoms with Crippen LogP contribution in [0.4, 0.5) is 10.5 Å². The molecule has 3 rings (SSSR count). The first-order valence-electron chi connectivity index (χ1n) is 10.2. The van der Waals surface area contributed by atoms with Gasteiger partial charge in [-0.3, -0.25) is 4.79 Å². The van der Waals surface area contributed by atoms with Crippen molar-refractivity contribution in [2.24, 2.45) is 0 Å². The fourth-order valence-corrected chi connectivity index (χ4v) is 3.62. The van der Waals surface area contributed by atoms with Crippen LogP contribution in [0.15, 0.2) is 48.5 Å². The van der Waals surface area contributed by atoms with Crippen LogP contribution in [0, 0.1) is 0 Å². The smallest absolute Gasteiger partial charge is 0.319 e. The highest BCUT2D eigenvalue weighted by Gasteiger charge is 2.17. The average Bonchev–Trinajstić information content (AvgIpc) is 3.20. The molecule has 2 aromatic carbocycles. The summed E-state index contributed by atoms with van der Waals surface area (Å²) in [6.07, 6.45) is 4.48. The summed E-state index contributed by atoms with van der Waals surface area (Å²) in [6.45, 7) is 1.28. The lowest BCUT2D eigenvalue weighted by Crippen LogP contribution is -2.32. The number of carbonyl (C=O) groups is 2. The zero-order valence-corrected chi connectivity index (χ0v) is 17.2. The highest BCUT2D eigenvalue weighted by atomic mass is 16.2. The highest BCUT2D eigenvalue weighted by molar-refractivity contribution is 5.95. The number of hydrogen-bond acceptors (Lipinski definition) is 3. The molecule has 154 valence electrons. The van der Waals surface area contributed by atoms with Crippen LogP contribution in [0.5, 0.6) is 0 Å². The monoisotopic (exact) mass is 394 g/mol. The van der Waals surface area contributed by atoms with Gasteiger partial charge in [0.1, 0.15) is 0 Å². The van der Waals surface area contributed by atoms with E-state index in [-0.39, 0.29) is 11.9 Å². The van der Waals surface area contributed by atoms with Crippen LogP contribution in [0.25, 0.3) is 0 Å². The summed E-state index contributed by atoms with van der Waals surface area (Å²) >= 11 is 0. The second kappa shape index (κ2) is 10.1. The van der Waals surface area contributed by atoms with E-state index >= 15 is 0 Å². The molecule has 1 fully saturated rings. The third-order valence-corrected chi connectivity index (χ3v) is 5.14. The molecule has 0 aromatic heterocycles. The van der Waals surface area contributed by atoms with E-state index in [0.717, 1.165) is 24.9 Å². The molecule has 0 saturated heterocycles. The summed E-state index contributed by atoms with van der Waals surface area (Å²) in [5.74, 6) is -0.0506. The average molecular weight is 395 g/mol. The van der Waals surface area contributed by atoms with Crippen LogP contribution in [0.2, 0.25) is 0 Å². The molecule has 0 unspecified atom stereocenters. The molecule has 29 heavy (non-hydrogen) atoms. The van der Waals surface area contributed by atoms with Gasteiger partial charge in [0.15, 0.2) is 0 Å². The van der Waals surface area contributed by atoms with Gasteiger partial charge in [0.05, 0.1) is 0 Å². The number of carbonyl (C=O) groups excluding carboxylic acids is 2. The molecule has 0 aliphatic heterocycles. The molecular weight excluding hydrogens is 364 g/mol. The molecule has 0 bridgehead atoms. The maximum atomic E-state index is 12.3. The van der Waals surface area contributed by atoms with Crippen LogP contribution in [-0.4, -0.2) is 37.0 Å². The van der Waals surface area contributed by atoms with Crippen molar-refractivity contribution < 1.29 is 9.59 Å². The Morgan fingerprint density at radius 2 is 1.62 bits per heavy atom. The largest absolute Gasteiger partial charge is 0.349 e. The molecule has 1 aliphatic rings. The van der Waals surface area contributed by atoms with E-state index in [1.54, 1.807) is 24.3 Å². The predicted molar refractivity (Wildman–Crippen MR) is 116 cm³/mol. The van der Waals surface area contributed by atoms with Crippen molar-refractivity contribution in [3.8, 4) is 0 Å². The quantitative estimate of drug-likeness (QED) is 0.670. The Morgan fingerprint density at radius 3 is 2.28 bits per heavy atom. The van der Waals surface area contributed by atoms with E-state index in [2.05, 4.69) is 26.9 Å². The number of rotatable bonds is 7. The summed E-state index contributed by atoms with van der Waals surface area (Å²) in [4.78, 5) is 26.6. The predicted octanol–water partition coefficient (Wildman–Crippen LogP) is 3.74. The molecule has 1 saturated carbocycles. The minimum atomic E-state index is -0.271. The second-order valence-electron chi connectivity index (χ2n) is 7.85. The molecule has 2 aromatic rings. The lowest BCUT2D eigenvalue weighted by molar-refractivity contribution is 0.0938. The first-order valence-corrected chi connectivity index (χ1v) is 10.2. The van der Waals surface area contributed by atoms with E-state index in [9.17, 15) is 9.59 Å². The number of benzene rings is 2. The minimum absolute atomic E-state index is 0.0506. The fraction of sp³-hybridized carbons (Fsp3) is 0.391. The van der Waals surface area contributed by atoms with Gasteiger partial charge in [0.2, 0.25) is 0 Å². The fourth-order valence-electron chi connectivity index (χ4n) is 3.62. The van der Waals surface area contributed by atoms with Gasteiger partial charge in [-0.05, 0) is 62.3 Å². The van der Waals surface area contributed by atoms with Crippen molar-refractivity contribution in [2.75, 3.05) is 19.4 Å². The van der Waals surface area contributed by atoms with Gasteiger partial charge in [-0.25, -0.2) is 4.79 Å². The lowest BCUT2D eigenvalue weighted by atomic mass is 10.1. The van der Waals surface area contributed by atoms with Crippen molar-refractivity contribution in [1.82, 2.24) is 15.5 Å². The zero-order chi connectivity index (χ0) is 20.6. The molecule has 0 atom stereocenters. The summed E-state index contributed by atoms with van der Waals surface area (Å²) in [5, 5.41) is 8.79. The first kappa shape index (κ1) is 20.9. The Bertz CT molecular complexity index is 827. The van der Waals surface area contributed by atoms with Crippen molar-refractivity contribution in [1.29, 1.82) is 0 Å². The Morgan fingerprint density at radius 1 is 0.966 bits per heavy atom. The molecule has 6 nitrogen and oxygen atoms in total. The Hall–Kier alpha value is -2.86. The third-order valence-electron chi connectivity index (χ3n) is 5.14. The first-order chi connectivity index (χ1) is 14.0. The summed E-state index contributed by atoms with van der Waals surface area (Å²) in [6, 6.07) is 15.1. The zero-order valence-electron chi connectivity index (χ0n) is 17.2. The van der Waals surface area contributed by atoms with Gasteiger partial charge in [0.25, 0.3) is 5.91 Å². The number of hydrogen-bond donors (Lipinski definition) is 3. The molecule has 3 N–H and O–H groups in total. The van der Waals surface area contributed by atoms with Crippen molar-refractivity contribution in [3.63, 3.8) is 0 Å². The summed E-state index contributed by atoms with van der Waals surface area (Å²) in [7, 11) is 4.04. The molecule has 3 amide bonds. The lowest BCUT2D eigenvalue weighted by Gasteiger charge is -2.15. The van der Waals surface area contributed by atoms with E-state index in [1.165, 1.54) is 18.4 Å². The molecule has 1 aliphatic carbocycles. The van der Waals surface area contributed by atoms with E-state index in [0.29, 0.717) is 23.8 Å². The van der Waals surface area contributed by atoms with E-state index in [1.807, 2.05) is 32.3 Å². The third kappa shape index (κ3) is 6.32. The Labute approximate surface area is 172 Å². The topological polar surface area (TPSA) is 73.5 Å². The molecule has 0 spiro atoms. The second-order valence-corrected chi connectivity index (χ2v) is 7.85. The SMILES string of the molecule is CN(C)Cc1ccccc1CNC(=O)Nc1ccc(C(=O)NC2CCCC2)cc1. The van der Waals surface area contributed by atoms with Crippen LogP contribution < -0.4 is 16.0 Å². The number of nitrogens with zero attached hydrogens (tertiary/aromatic N) is 1. The van der Waals surface area contributed by atoms with E-state index < -0.39 is 0 Å². The maximum Gasteiger partial charge on any atom is 0.319 e. The van der Waals surface area contributed by atoms with Gasteiger partial charge >= 0.3 is 6.03 Å². The van der Waals surface area contributed by atoms with Gasteiger partial charge in [-0.1, -0.05) is 37.1 Å². The Balaban J connectivity index is 1.50. The Kier molecular flexibility index (Phi) is 7.25. The van der Waals surface area contributed by atoms with Crippen molar-refractivity contribution in [2.45, 2.75) is 44.8 Å². The van der Waals surface area contributed by atoms with Gasteiger partial charge in [-0.2, -0.15) is 0 Å². The molecule has 6 heteroatoms. The number of urea groups is 1. The number of nitrogens with one attached hydrogen (secondary N) is 3. The van der Waals surface area contributed by atoms with Gasteiger partial charge in [-0.15, -0.1) is 0 Å². The normalized spacial score (nSPS) is 14.0. The summed E-state index contributed by atoms with van der Waals surface area (Å²) < 4.78 is 0. The van der Waals surface area contributed by atoms with Crippen molar-refractivity contribution in [3.05, 3.63) is 65.2 Å².